The number of rotatable bonds is 6. The summed E-state index contributed by atoms with van der Waals surface area (Å²) in [6.07, 6.45) is 0. The van der Waals surface area contributed by atoms with E-state index in [0.29, 0.717) is 5.56 Å². The van der Waals surface area contributed by atoms with Gasteiger partial charge in [-0.25, -0.2) is 0 Å². The van der Waals surface area contributed by atoms with Crippen LogP contribution in [0.5, 0.6) is 5.75 Å². The molecule has 1 unspecified atom stereocenters. The van der Waals surface area contributed by atoms with Crippen LogP contribution >= 0.6 is 0 Å². The molecule has 4 N–H and O–H groups in total. The normalized spacial score (nSPS) is 12.4. The molecule has 0 aliphatic carbocycles. The third kappa shape index (κ3) is 3.92. The van der Waals surface area contributed by atoms with Crippen LogP contribution in [0.2, 0.25) is 0 Å². The predicted octanol–water partition coefficient (Wildman–Crippen LogP) is 0.900. The second-order valence-electron chi connectivity index (χ2n) is 4.58. The molecular weight excluding hydrogens is 250 g/mol. The zero-order valence-electron chi connectivity index (χ0n) is 10.8. The van der Waals surface area contributed by atoms with Crippen LogP contribution in [-0.2, 0) is 11.3 Å². The van der Waals surface area contributed by atoms with E-state index in [0.717, 1.165) is 0 Å². The number of primary amides is 1. The van der Waals surface area contributed by atoms with Crippen LogP contribution in [0.4, 0.5) is 5.69 Å². The van der Waals surface area contributed by atoms with Crippen molar-refractivity contribution < 1.29 is 14.8 Å². The summed E-state index contributed by atoms with van der Waals surface area (Å²) in [6.45, 7) is 3.72. The van der Waals surface area contributed by atoms with Gasteiger partial charge in [0.15, 0.2) is 0 Å². The lowest BCUT2D eigenvalue weighted by atomic mass is 10.0. The molecule has 1 amide bonds. The van der Waals surface area contributed by atoms with Gasteiger partial charge < -0.3 is 16.2 Å². The van der Waals surface area contributed by atoms with Crippen LogP contribution < -0.4 is 11.1 Å². The Morgan fingerprint density at radius 3 is 2.63 bits per heavy atom. The minimum atomic E-state index is -0.582. The highest BCUT2D eigenvalue weighted by Crippen LogP contribution is 2.23. The maximum absolute atomic E-state index is 11.2. The number of nitro groups is 1. The third-order valence-electron chi connectivity index (χ3n) is 2.75. The molecule has 7 heteroatoms. The molecule has 0 aliphatic heterocycles. The standard InChI is InChI=1S/C12H17N3O4/c1-7(2)11(12(13)17)14-6-8-5-9(16)3-4-10(8)15(18)19/h3-5,7,11,14,16H,6H2,1-2H3,(H2,13,17). The molecule has 0 bridgehead atoms. The van der Waals surface area contributed by atoms with Crippen molar-refractivity contribution in [1.82, 2.24) is 5.32 Å². The molecule has 1 rings (SSSR count). The van der Waals surface area contributed by atoms with E-state index in [2.05, 4.69) is 5.32 Å². The van der Waals surface area contributed by atoms with Crippen LogP contribution in [0.1, 0.15) is 19.4 Å². The van der Waals surface area contributed by atoms with Gasteiger partial charge in [0.2, 0.25) is 5.91 Å². The van der Waals surface area contributed by atoms with Gasteiger partial charge in [-0.05, 0) is 18.1 Å². The Morgan fingerprint density at radius 1 is 1.53 bits per heavy atom. The van der Waals surface area contributed by atoms with E-state index in [9.17, 15) is 20.0 Å². The number of nitrogens with two attached hydrogens (primary N) is 1. The van der Waals surface area contributed by atoms with Gasteiger partial charge >= 0.3 is 0 Å². The summed E-state index contributed by atoms with van der Waals surface area (Å²) < 4.78 is 0. The first-order chi connectivity index (χ1) is 8.82. The molecule has 0 heterocycles. The van der Waals surface area contributed by atoms with Crippen molar-refractivity contribution in [3.8, 4) is 5.75 Å². The summed E-state index contributed by atoms with van der Waals surface area (Å²) in [5.74, 6) is -0.616. The van der Waals surface area contributed by atoms with E-state index in [1.165, 1.54) is 18.2 Å². The van der Waals surface area contributed by atoms with Crippen molar-refractivity contribution >= 4 is 11.6 Å². The maximum atomic E-state index is 11.2. The Labute approximate surface area is 110 Å². The number of amides is 1. The molecule has 0 radical (unpaired) electrons. The lowest BCUT2D eigenvalue weighted by Gasteiger charge is -2.18. The highest BCUT2D eigenvalue weighted by atomic mass is 16.6. The average molecular weight is 267 g/mol. The second kappa shape index (κ2) is 6.14. The third-order valence-corrected chi connectivity index (χ3v) is 2.75. The largest absolute Gasteiger partial charge is 0.508 e. The van der Waals surface area contributed by atoms with E-state index >= 15 is 0 Å². The number of carbonyl (C=O) groups excluding carboxylic acids is 1. The molecule has 7 nitrogen and oxygen atoms in total. The number of nitro benzene ring substituents is 1. The number of nitrogens with zero attached hydrogens (tertiary/aromatic N) is 1. The molecule has 1 atom stereocenters. The lowest BCUT2D eigenvalue weighted by Crippen LogP contribution is -2.44. The smallest absolute Gasteiger partial charge is 0.274 e. The lowest BCUT2D eigenvalue weighted by molar-refractivity contribution is -0.385. The molecule has 0 saturated carbocycles. The summed E-state index contributed by atoms with van der Waals surface area (Å²) in [5, 5.41) is 23.1. The highest BCUT2D eigenvalue weighted by molar-refractivity contribution is 5.80. The van der Waals surface area contributed by atoms with Gasteiger partial charge in [-0.3, -0.25) is 14.9 Å². The number of phenolic OH excluding ortho intramolecular Hbond substituents is 1. The maximum Gasteiger partial charge on any atom is 0.274 e. The number of benzene rings is 1. The van der Waals surface area contributed by atoms with E-state index in [4.69, 9.17) is 5.73 Å². The Balaban J connectivity index is 2.90. The quantitative estimate of drug-likeness (QED) is 0.522. The number of hydrogen-bond acceptors (Lipinski definition) is 5. The van der Waals surface area contributed by atoms with Gasteiger partial charge in [0.05, 0.1) is 11.0 Å². The number of hydrogen-bond donors (Lipinski definition) is 3. The number of carbonyl (C=O) groups is 1. The molecule has 19 heavy (non-hydrogen) atoms. The molecule has 1 aromatic carbocycles. The Morgan fingerprint density at radius 2 is 2.16 bits per heavy atom. The highest BCUT2D eigenvalue weighted by Gasteiger charge is 2.21. The first-order valence-electron chi connectivity index (χ1n) is 5.82. The Hall–Kier alpha value is -2.15. The fourth-order valence-electron chi connectivity index (χ4n) is 1.78. The van der Waals surface area contributed by atoms with Crippen LogP contribution in [-0.4, -0.2) is 22.0 Å². The first kappa shape index (κ1) is 14.9. The monoisotopic (exact) mass is 267 g/mol. The van der Waals surface area contributed by atoms with E-state index in [1.807, 2.05) is 13.8 Å². The number of phenols is 1. The van der Waals surface area contributed by atoms with Crippen molar-refractivity contribution in [3.05, 3.63) is 33.9 Å². The van der Waals surface area contributed by atoms with Crippen molar-refractivity contribution in [1.29, 1.82) is 0 Å². The van der Waals surface area contributed by atoms with Gasteiger partial charge in [-0.1, -0.05) is 13.8 Å². The summed E-state index contributed by atoms with van der Waals surface area (Å²) in [7, 11) is 0. The topological polar surface area (TPSA) is 118 Å². The molecule has 0 saturated heterocycles. The minimum Gasteiger partial charge on any atom is -0.508 e. The molecule has 1 aromatic rings. The van der Waals surface area contributed by atoms with Crippen molar-refractivity contribution in [2.45, 2.75) is 26.4 Å². The van der Waals surface area contributed by atoms with Crippen LogP contribution in [0.15, 0.2) is 18.2 Å². The first-order valence-corrected chi connectivity index (χ1v) is 5.82. The van der Waals surface area contributed by atoms with Crippen molar-refractivity contribution in [3.63, 3.8) is 0 Å². The molecule has 0 spiro atoms. The van der Waals surface area contributed by atoms with Crippen LogP contribution in [0.3, 0.4) is 0 Å². The Bertz CT molecular complexity index is 488. The van der Waals surface area contributed by atoms with Gasteiger partial charge in [0.25, 0.3) is 5.69 Å². The summed E-state index contributed by atoms with van der Waals surface area (Å²) >= 11 is 0. The van der Waals surface area contributed by atoms with Gasteiger partial charge in [0, 0.05) is 18.2 Å². The Kier molecular flexibility index (Phi) is 4.82. The zero-order valence-corrected chi connectivity index (χ0v) is 10.8. The SMILES string of the molecule is CC(C)C(NCc1cc(O)ccc1[N+](=O)[O-])C(N)=O. The molecule has 104 valence electrons. The molecule has 0 aliphatic rings. The second-order valence-corrected chi connectivity index (χ2v) is 4.58. The van der Waals surface area contributed by atoms with Crippen molar-refractivity contribution in [2.24, 2.45) is 11.7 Å². The fourth-order valence-corrected chi connectivity index (χ4v) is 1.78. The fraction of sp³-hybridized carbons (Fsp3) is 0.417. The zero-order chi connectivity index (χ0) is 14.6. The molecular formula is C12H17N3O4. The predicted molar refractivity (Wildman–Crippen MR) is 69.4 cm³/mol. The van der Waals surface area contributed by atoms with Crippen LogP contribution in [0, 0.1) is 16.0 Å². The van der Waals surface area contributed by atoms with E-state index in [-0.39, 0.29) is 23.9 Å². The van der Waals surface area contributed by atoms with Gasteiger partial charge in [0.1, 0.15) is 5.75 Å². The molecule has 0 aromatic heterocycles. The summed E-state index contributed by atoms with van der Waals surface area (Å²) in [4.78, 5) is 21.5. The van der Waals surface area contributed by atoms with Gasteiger partial charge in [-0.2, -0.15) is 0 Å². The average Bonchev–Trinajstić information content (AvgIpc) is 2.27. The summed E-state index contributed by atoms with van der Waals surface area (Å²) in [6, 6.07) is 3.18. The van der Waals surface area contributed by atoms with Crippen molar-refractivity contribution in [2.75, 3.05) is 0 Å². The van der Waals surface area contributed by atoms with E-state index < -0.39 is 16.9 Å². The van der Waals surface area contributed by atoms with Gasteiger partial charge in [-0.15, -0.1) is 0 Å². The van der Waals surface area contributed by atoms with Crippen LogP contribution in [0.25, 0.3) is 0 Å². The van der Waals surface area contributed by atoms with E-state index in [1.54, 1.807) is 0 Å². The number of aromatic hydroxyl groups is 1. The number of nitrogens with one attached hydrogen (secondary N) is 1. The summed E-state index contributed by atoms with van der Waals surface area (Å²) in [5.41, 5.74) is 5.43. The molecule has 0 fully saturated rings. The minimum absolute atomic E-state index is 0.0335.